The molecule has 0 aromatic heterocycles. The van der Waals surface area contributed by atoms with E-state index in [-0.39, 0.29) is 0 Å². The number of aliphatic hydroxyl groups excluding tert-OH is 1. The summed E-state index contributed by atoms with van der Waals surface area (Å²) in [5, 5.41) is 9.78. The van der Waals surface area contributed by atoms with E-state index in [4.69, 9.17) is 5.11 Å². The van der Waals surface area contributed by atoms with Crippen LogP contribution in [0.4, 0.5) is 0 Å². The van der Waals surface area contributed by atoms with Crippen LogP contribution in [0.3, 0.4) is 0 Å². The van der Waals surface area contributed by atoms with Gasteiger partial charge in [0.2, 0.25) is 6.41 Å². The van der Waals surface area contributed by atoms with E-state index in [9.17, 15) is 4.79 Å². The molecule has 0 bridgehead atoms. The minimum absolute atomic E-state index is 0.519. The monoisotopic (exact) mass is 114 g/mol. The summed E-state index contributed by atoms with van der Waals surface area (Å²) in [6.07, 6.45) is 2.69. The zero-order valence-electron chi connectivity index (χ0n) is 4.11. The lowest BCUT2D eigenvalue weighted by Gasteiger charge is -2.12. The maximum Gasteiger partial charge on any atom is 0.230 e. The van der Waals surface area contributed by atoms with Crippen molar-refractivity contribution in [3.8, 4) is 0 Å². The van der Waals surface area contributed by atoms with Gasteiger partial charge in [0.25, 0.3) is 0 Å². The van der Waals surface area contributed by atoms with Crippen molar-refractivity contribution in [3.63, 3.8) is 0 Å². The van der Waals surface area contributed by atoms with E-state index in [1.54, 1.807) is 0 Å². The van der Waals surface area contributed by atoms with Crippen LogP contribution in [0.1, 0.15) is 0 Å². The lowest BCUT2D eigenvalue weighted by Crippen LogP contribution is -2.35. The Morgan fingerprint density at radius 1 is 1.88 bits per heavy atom. The predicted octanol–water partition coefficient (Wildman–Crippen LogP) is -1.20. The maximum atomic E-state index is 9.88. The number of hydrogen-bond acceptors (Lipinski definition) is 3. The number of amides is 1. The van der Waals surface area contributed by atoms with Gasteiger partial charge in [-0.1, -0.05) is 0 Å². The largest absolute Gasteiger partial charge is 0.368 e. The highest BCUT2D eigenvalue weighted by Crippen LogP contribution is 1.95. The zero-order chi connectivity index (χ0) is 5.98. The van der Waals surface area contributed by atoms with Crippen molar-refractivity contribution < 1.29 is 9.90 Å². The summed E-state index contributed by atoms with van der Waals surface area (Å²) < 4.78 is 0. The Hall–Kier alpha value is -1.03. The maximum absolute atomic E-state index is 9.88. The lowest BCUT2D eigenvalue weighted by molar-refractivity contribution is -0.126. The van der Waals surface area contributed by atoms with Gasteiger partial charge in [0.1, 0.15) is 0 Å². The molecule has 0 aliphatic carbocycles. The Morgan fingerprint density at radius 3 is 2.88 bits per heavy atom. The van der Waals surface area contributed by atoms with Crippen molar-refractivity contribution in [2.24, 2.45) is 0 Å². The van der Waals surface area contributed by atoms with Gasteiger partial charge in [0.15, 0.2) is 6.23 Å². The number of aliphatic hydroxyl groups is 1. The summed E-state index contributed by atoms with van der Waals surface area (Å²) in [4.78, 5) is 9.88. The summed E-state index contributed by atoms with van der Waals surface area (Å²) in [5.41, 5.74) is 2.49. The molecule has 0 spiro atoms. The van der Waals surface area contributed by atoms with E-state index in [1.165, 1.54) is 12.3 Å². The van der Waals surface area contributed by atoms with Crippen LogP contribution >= 0.6 is 0 Å². The summed E-state index contributed by atoms with van der Waals surface area (Å²) in [6.45, 7) is 0. The number of hydrazine groups is 1. The summed E-state index contributed by atoms with van der Waals surface area (Å²) in [6, 6.07) is 0. The molecule has 4 nitrogen and oxygen atoms in total. The summed E-state index contributed by atoms with van der Waals surface area (Å²) >= 11 is 0. The van der Waals surface area contributed by atoms with Crippen LogP contribution in [-0.4, -0.2) is 22.8 Å². The summed E-state index contributed by atoms with van der Waals surface area (Å²) in [5.74, 6) is 0. The van der Waals surface area contributed by atoms with E-state index in [0.29, 0.717) is 6.41 Å². The van der Waals surface area contributed by atoms with Gasteiger partial charge >= 0.3 is 0 Å². The number of carbonyl (C=O) groups is 1. The fraction of sp³-hybridized carbons (Fsp3) is 0.250. The molecule has 0 saturated carbocycles. The molecule has 1 unspecified atom stereocenters. The van der Waals surface area contributed by atoms with Gasteiger partial charge in [-0.15, -0.1) is 0 Å². The molecule has 0 radical (unpaired) electrons. The molecule has 4 heteroatoms. The highest BCUT2D eigenvalue weighted by atomic mass is 16.3. The Morgan fingerprint density at radius 2 is 2.62 bits per heavy atom. The van der Waals surface area contributed by atoms with Crippen molar-refractivity contribution in [2.75, 3.05) is 0 Å². The normalized spacial score (nSPS) is 25.6. The number of rotatable bonds is 1. The average molecular weight is 114 g/mol. The van der Waals surface area contributed by atoms with Gasteiger partial charge in [-0.05, 0) is 6.08 Å². The van der Waals surface area contributed by atoms with Crippen molar-refractivity contribution >= 4 is 6.41 Å². The molecule has 0 saturated heterocycles. The topological polar surface area (TPSA) is 52.6 Å². The third-order valence-electron chi connectivity index (χ3n) is 0.891. The number of nitrogens with zero attached hydrogens (tertiary/aromatic N) is 1. The first kappa shape index (κ1) is 5.11. The highest BCUT2D eigenvalue weighted by molar-refractivity contribution is 5.48. The van der Waals surface area contributed by atoms with Gasteiger partial charge in [-0.25, -0.2) is 5.01 Å². The fourth-order valence-corrected chi connectivity index (χ4v) is 0.477. The molecule has 1 amide bonds. The number of hydrogen-bond donors (Lipinski definition) is 2. The van der Waals surface area contributed by atoms with Crippen LogP contribution in [0.5, 0.6) is 0 Å². The first-order chi connectivity index (χ1) is 3.84. The minimum Gasteiger partial charge on any atom is -0.368 e. The zero-order valence-corrected chi connectivity index (χ0v) is 4.11. The molecule has 44 valence electrons. The SMILES string of the molecule is O=CN1NC=CC1O. The lowest BCUT2D eigenvalue weighted by atomic mass is 10.6. The van der Waals surface area contributed by atoms with Gasteiger partial charge < -0.3 is 10.5 Å². The number of nitrogens with one attached hydrogen (secondary N) is 1. The molecule has 1 aliphatic heterocycles. The summed E-state index contributed by atoms with van der Waals surface area (Å²) in [7, 11) is 0. The van der Waals surface area contributed by atoms with Gasteiger partial charge in [-0.2, -0.15) is 0 Å². The smallest absolute Gasteiger partial charge is 0.230 e. The van der Waals surface area contributed by atoms with Crippen LogP contribution in [0, 0.1) is 0 Å². The van der Waals surface area contributed by atoms with Crippen LogP contribution in [0.15, 0.2) is 12.3 Å². The molecule has 0 aromatic carbocycles. The molecule has 1 rings (SSSR count). The van der Waals surface area contributed by atoms with Gasteiger partial charge in [0, 0.05) is 6.20 Å². The van der Waals surface area contributed by atoms with Crippen molar-refractivity contribution in [1.82, 2.24) is 10.4 Å². The molecule has 1 heterocycles. The average Bonchev–Trinajstić information content (AvgIpc) is 2.14. The van der Waals surface area contributed by atoms with E-state index < -0.39 is 6.23 Å². The predicted molar refractivity (Wildman–Crippen MR) is 26.2 cm³/mol. The quantitative estimate of drug-likeness (QED) is 0.421. The molecule has 8 heavy (non-hydrogen) atoms. The van der Waals surface area contributed by atoms with Gasteiger partial charge in [-0.3, -0.25) is 4.79 Å². The van der Waals surface area contributed by atoms with Crippen LogP contribution < -0.4 is 5.43 Å². The molecule has 2 N–H and O–H groups in total. The third-order valence-corrected chi connectivity index (χ3v) is 0.891. The Labute approximate surface area is 46.4 Å². The third kappa shape index (κ3) is 0.651. The fourth-order valence-electron chi connectivity index (χ4n) is 0.477. The molecule has 1 atom stereocenters. The molecular formula is C4H6N2O2. The minimum atomic E-state index is -0.799. The second-order valence-electron chi connectivity index (χ2n) is 1.41. The second-order valence-corrected chi connectivity index (χ2v) is 1.41. The van der Waals surface area contributed by atoms with Crippen molar-refractivity contribution in [3.05, 3.63) is 12.3 Å². The van der Waals surface area contributed by atoms with Crippen molar-refractivity contribution in [1.29, 1.82) is 0 Å². The Bertz CT molecular complexity index is 123. The van der Waals surface area contributed by atoms with Crippen molar-refractivity contribution in [2.45, 2.75) is 6.23 Å². The molecule has 1 aliphatic rings. The van der Waals surface area contributed by atoms with E-state index in [0.717, 1.165) is 5.01 Å². The van der Waals surface area contributed by atoms with E-state index in [1.807, 2.05) is 0 Å². The first-order valence-corrected chi connectivity index (χ1v) is 2.19. The highest BCUT2D eigenvalue weighted by Gasteiger charge is 2.12. The van der Waals surface area contributed by atoms with Crippen LogP contribution in [0.25, 0.3) is 0 Å². The molecular weight excluding hydrogens is 108 g/mol. The van der Waals surface area contributed by atoms with E-state index in [2.05, 4.69) is 5.43 Å². The number of carbonyl (C=O) groups excluding carboxylic acids is 1. The Kier molecular flexibility index (Phi) is 1.17. The van der Waals surface area contributed by atoms with Gasteiger partial charge in [0.05, 0.1) is 0 Å². The second kappa shape index (κ2) is 1.83. The van der Waals surface area contributed by atoms with Crippen LogP contribution in [-0.2, 0) is 4.79 Å². The molecule has 0 aromatic rings. The first-order valence-electron chi connectivity index (χ1n) is 2.19. The standard InChI is InChI=1S/C4H6N2O2/c7-3-6-4(8)1-2-5-6/h1-5,8H. The Balaban J connectivity index is 2.50. The molecule has 0 fully saturated rings. The van der Waals surface area contributed by atoms with E-state index >= 15 is 0 Å². The van der Waals surface area contributed by atoms with Crippen LogP contribution in [0.2, 0.25) is 0 Å².